The molecule has 0 unspecified atom stereocenters. The van der Waals surface area contributed by atoms with Gasteiger partial charge in [-0.15, -0.1) is 0 Å². The summed E-state index contributed by atoms with van der Waals surface area (Å²) in [5.74, 6) is -0.974. The monoisotopic (exact) mass is 559 g/mol. The van der Waals surface area contributed by atoms with Crippen LogP contribution in [0, 0.1) is 5.82 Å². The summed E-state index contributed by atoms with van der Waals surface area (Å²) in [5.41, 5.74) is 0.0106. The molecule has 1 aromatic heterocycles. The van der Waals surface area contributed by atoms with Crippen LogP contribution in [0.1, 0.15) is 16.3 Å². The fourth-order valence-corrected chi connectivity index (χ4v) is 3.77. The highest BCUT2D eigenvalue weighted by atomic mass is 79.9. The molecular formula is C18H8BrCl5FNO3. The zero-order valence-corrected chi connectivity index (χ0v) is 19.3. The van der Waals surface area contributed by atoms with Crippen molar-refractivity contribution in [3.8, 4) is 5.75 Å². The van der Waals surface area contributed by atoms with E-state index in [1.54, 1.807) is 6.07 Å². The Bertz CT molecular complexity index is 1080. The second-order valence-corrected chi connectivity index (χ2v) is 8.34. The molecule has 11 heteroatoms. The highest BCUT2D eigenvalue weighted by Crippen LogP contribution is 2.48. The SMILES string of the molecule is O=C(Nc1ccc(Br)cc1F)c1ccc(COc2c(Cl)c(Cl)c(Cl)c(Cl)c2Cl)o1. The lowest BCUT2D eigenvalue weighted by molar-refractivity contribution is 0.0992. The third kappa shape index (κ3) is 4.95. The largest absolute Gasteiger partial charge is 0.482 e. The molecule has 0 aliphatic heterocycles. The maximum atomic E-state index is 13.9. The van der Waals surface area contributed by atoms with Gasteiger partial charge in [0, 0.05) is 4.47 Å². The highest BCUT2D eigenvalue weighted by Gasteiger charge is 2.21. The van der Waals surface area contributed by atoms with Gasteiger partial charge in [-0.25, -0.2) is 4.39 Å². The van der Waals surface area contributed by atoms with Gasteiger partial charge in [-0.05, 0) is 30.3 Å². The molecule has 0 radical (unpaired) electrons. The smallest absolute Gasteiger partial charge is 0.291 e. The number of amides is 1. The molecule has 0 saturated heterocycles. The normalized spacial score (nSPS) is 10.9. The number of ether oxygens (including phenoxy) is 1. The van der Waals surface area contributed by atoms with E-state index in [-0.39, 0.29) is 54.7 Å². The van der Waals surface area contributed by atoms with Crippen molar-refractivity contribution in [2.24, 2.45) is 0 Å². The predicted octanol–water partition coefficient (Wildman–Crippen LogP) is 8.28. The number of furan rings is 1. The molecule has 152 valence electrons. The van der Waals surface area contributed by atoms with E-state index in [1.807, 2.05) is 0 Å². The molecular weight excluding hydrogens is 554 g/mol. The van der Waals surface area contributed by atoms with Crippen molar-refractivity contribution in [2.45, 2.75) is 6.61 Å². The quantitative estimate of drug-likeness (QED) is 0.252. The lowest BCUT2D eigenvalue weighted by atomic mass is 10.3. The summed E-state index contributed by atoms with van der Waals surface area (Å²) in [6.45, 7) is -0.131. The van der Waals surface area contributed by atoms with Crippen LogP contribution in [0.4, 0.5) is 10.1 Å². The Morgan fingerprint density at radius 2 is 1.62 bits per heavy atom. The van der Waals surface area contributed by atoms with E-state index in [9.17, 15) is 9.18 Å². The lowest BCUT2D eigenvalue weighted by Crippen LogP contribution is -2.12. The molecule has 0 saturated carbocycles. The molecule has 1 amide bonds. The molecule has 2 aromatic carbocycles. The molecule has 3 rings (SSSR count). The van der Waals surface area contributed by atoms with E-state index in [4.69, 9.17) is 67.2 Å². The van der Waals surface area contributed by atoms with Crippen molar-refractivity contribution in [1.29, 1.82) is 0 Å². The van der Waals surface area contributed by atoms with Crippen LogP contribution in [0.5, 0.6) is 5.75 Å². The minimum absolute atomic E-state index is 0.00577. The second-order valence-electron chi connectivity index (χ2n) is 5.53. The average molecular weight is 562 g/mol. The summed E-state index contributed by atoms with van der Waals surface area (Å²) in [6, 6.07) is 7.16. The number of carbonyl (C=O) groups excluding carboxylic acids is 1. The van der Waals surface area contributed by atoms with E-state index < -0.39 is 11.7 Å². The van der Waals surface area contributed by atoms with Crippen LogP contribution in [0.15, 0.2) is 39.2 Å². The van der Waals surface area contributed by atoms with E-state index in [1.165, 1.54) is 24.3 Å². The van der Waals surface area contributed by atoms with Gasteiger partial charge >= 0.3 is 0 Å². The summed E-state index contributed by atoms with van der Waals surface area (Å²) in [6.07, 6.45) is 0. The Kier molecular flexibility index (Phi) is 7.25. The standard InChI is InChI=1S/C18H8BrCl5FNO3/c19-7-1-3-10(9(25)5-7)26-18(27)11-4-2-8(29-11)6-28-17-15(23)13(21)12(20)14(22)16(17)24/h1-5H,6H2,(H,26,27). The third-order valence-electron chi connectivity index (χ3n) is 3.59. The number of rotatable bonds is 5. The van der Waals surface area contributed by atoms with E-state index in [0.717, 1.165) is 0 Å². The molecule has 0 aliphatic rings. The van der Waals surface area contributed by atoms with Gasteiger partial charge in [0.1, 0.15) is 28.2 Å². The molecule has 0 bridgehead atoms. The van der Waals surface area contributed by atoms with Crippen molar-refractivity contribution in [2.75, 3.05) is 5.32 Å². The Balaban J connectivity index is 1.72. The molecule has 1 heterocycles. The summed E-state index contributed by atoms with van der Waals surface area (Å²) in [7, 11) is 0. The molecule has 0 aliphatic carbocycles. The van der Waals surface area contributed by atoms with E-state index in [2.05, 4.69) is 21.2 Å². The fourth-order valence-electron chi connectivity index (χ4n) is 2.21. The zero-order valence-electron chi connectivity index (χ0n) is 14.0. The first kappa shape index (κ1) is 22.5. The summed E-state index contributed by atoms with van der Waals surface area (Å²) in [4.78, 5) is 12.3. The molecule has 0 spiro atoms. The third-order valence-corrected chi connectivity index (χ3v) is 6.33. The fraction of sp³-hybridized carbons (Fsp3) is 0.0556. The molecule has 1 N–H and O–H groups in total. The summed E-state index contributed by atoms with van der Waals surface area (Å²) < 4.78 is 25.4. The maximum Gasteiger partial charge on any atom is 0.291 e. The van der Waals surface area contributed by atoms with Crippen molar-refractivity contribution in [3.05, 3.63) is 77.3 Å². The molecule has 29 heavy (non-hydrogen) atoms. The van der Waals surface area contributed by atoms with Crippen LogP contribution >= 0.6 is 73.9 Å². The first-order chi connectivity index (χ1) is 13.7. The van der Waals surface area contributed by atoms with Crippen LogP contribution in [0.2, 0.25) is 25.1 Å². The number of hydrogen-bond donors (Lipinski definition) is 1. The minimum Gasteiger partial charge on any atom is -0.482 e. The van der Waals surface area contributed by atoms with Gasteiger partial charge in [-0.1, -0.05) is 73.9 Å². The topological polar surface area (TPSA) is 51.5 Å². The first-order valence-corrected chi connectivity index (χ1v) is 10.4. The van der Waals surface area contributed by atoms with Gasteiger partial charge in [0.2, 0.25) is 0 Å². The van der Waals surface area contributed by atoms with E-state index >= 15 is 0 Å². The Labute approximate surface area is 197 Å². The number of hydrogen-bond acceptors (Lipinski definition) is 3. The van der Waals surface area contributed by atoms with Gasteiger partial charge < -0.3 is 14.5 Å². The Morgan fingerprint density at radius 3 is 2.24 bits per heavy atom. The van der Waals surface area contributed by atoms with Crippen molar-refractivity contribution >= 4 is 85.5 Å². The lowest BCUT2D eigenvalue weighted by Gasteiger charge is -2.12. The number of carbonyl (C=O) groups is 1. The van der Waals surface area contributed by atoms with Crippen LogP contribution < -0.4 is 10.1 Å². The number of anilines is 1. The molecule has 0 fully saturated rings. The van der Waals surface area contributed by atoms with Crippen LogP contribution in [0.3, 0.4) is 0 Å². The van der Waals surface area contributed by atoms with Crippen LogP contribution in [0.25, 0.3) is 0 Å². The van der Waals surface area contributed by atoms with Gasteiger partial charge in [0.15, 0.2) is 11.5 Å². The van der Waals surface area contributed by atoms with Crippen molar-refractivity contribution in [1.82, 2.24) is 0 Å². The number of halogens is 7. The molecule has 4 nitrogen and oxygen atoms in total. The Morgan fingerprint density at radius 1 is 1.00 bits per heavy atom. The van der Waals surface area contributed by atoms with Crippen LogP contribution in [-0.4, -0.2) is 5.91 Å². The van der Waals surface area contributed by atoms with Gasteiger partial charge in [0.25, 0.3) is 5.91 Å². The van der Waals surface area contributed by atoms with Crippen molar-refractivity contribution < 1.29 is 18.3 Å². The van der Waals surface area contributed by atoms with Gasteiger partial charge in [0.05, 0.1) is 20.8 Å². The van der Waals surface area contributed by atoms with Gasteiger partial charge in [-0.3, -0.25) is 4.79 Å². The maximum absolute atomic E-state index is 13.9. The zero-order chi connectivity index (χ0) is 21.3. The summed E-state index contributed by atoms with van der Waals surface area (Å²) in [5, 5.41) is 2.39. The first-order valence-electron chi connectivity index (χ1n) is 7.68. The second kappa shape index (κ2) is 9.33. The Hall–Kier alpha value is -1.15. The molecule has 3 aromatic rings. The number of nitrogens with one attached hydrogen (secondary N) is 1. The van der Waals surface area contributed by atoms with Crippen LogP contribution in [-0.2, 0) is 6.61 Å². The van der Waals surface area contributed by atoms with E-state index in [0.29, 0.717) is 4.47 Å². The molecule has 0 atom stereocenters. The number of benzene rings is 2. The average Bonchev–Trinajstić information content (AvgIpc) is 3.16. The predicted molar refractivity (Wildman–Crippen MR) is 117 cm³/mol. The minimum atomic E-state index is -0.633. The highest BCUT2D eigenvalue weighted by molar-refractivity contribution is 9.10. The van der Waals surface area contributed by atoms with Crippen molar-refractivity contribution in [3.63, 3.8) is 0 Å². The van der Waals surface area contributed by atoms with Gasteiger partial charge in [-0.2, -0.15) is 0 Å². The summed E-state index contributed by atoms with van der Waals surface area (Å²) >= 11 is 33.2.